The van der Waals surface area contributed by atoms with Gasteiger partial charge in [0.15, 0.2) is 5.76 Å². The maximum Gasteiger partial charge on any atom is 0.248 e. The molecular formula is C17H20N4O4S. The first kappa shape index (κ1) is 17.0. The van der Waals surface area contributed by atoms with Gasteiger partial charge in [0.25, 0.3) is 0 Å². The summed E-state index contributed by atoms with van der Waals surface area (Å²) in [5, 5.41) is 6.58. The van der Waals surface area contributed by atoms with E-state index in [-0.39, 0.29) is 10.8 Å². The molecule has 1 N–H and O–H groups in total. The number of hydrogen-bond donors (Lipinski definition) is 1. The lowest BCUT2D eigenvalue weighted by Gasteiger charge is -2.35. The number of carbonyl (C=O) groups is 1. The highest BCUT2D eigenvalue weighted by Crippen LogP contribution is 2.29. The second kappa shape index (κ2) is 6.10. The summed E-state index contributed by atoms with van der Waals surface area (Å²) in [5.41, 5.74) is 3.24. The number of fused-ring (bicyclic) bond motifs is 1. The van der Waals surface area contributed by atoms with Gasteiger partial charge in [-0.15, -0.1) is 0 Å². The van der Waals surface area contributed by atoms with Crippen molar-refractivity contribution in [2.75, 3.05) is 36.4 Å². The Hall–Kier alpha value is -2.39. The van der Waals surface area contributed by atoms with Gasteiger partial charge < -0.3 is 14.7 Å². The van der Waals surface area contributed by atoms with E-state index in [0.29, 0.717) is 44.1 Å². The molecule has 138 valence electrons. The van der Waals surface area contributed by atoms with Gasteiger partial charge in [0.2, 0.25) is 15.9 Å². The Labute approximate surface area is 151 Å². The first-order chi connectivity index (χ1) is 12.4. The molecule has 3 heterocycles. The van der Waals surface area contributed by atoms with Crippen LogP contribution in [0.1, 0.15) is 17.0 Å². The maximum atomic E-state index is 12.9. The summed E-state index contributed by atoms with van der Waals surface area (Å²) in [6.07, 6.45) is 0.392. The van der Waals surface area contributed by atoms with Gasteiger partial charge in [-0.25, -0.2) is 8.42 Å². The number of piperazine rings is 1. The van der Waals surface area contributed by atoms with E-state index in [4.69, 9.17) is 4.52 Å². The maximum absolute atomic E-state index is 12.9. The molecule has 0 saturated carbocycles. The van der Waals surface area contributed by atoms with E-state index in [1.807, 2.05) is 18.2 Å². The summed E-state index contributed by atoms with van der Waals surface area (Å²) < 4.78 is 32.3. The fourth-order valence-corrected chi connectivity index (χ4v) is 5.28. The molecule has 1 fully saturated rings. The molecule has 1 aromatic heterocycles. The van der Waals surface area contributed by atoms with Crippen molar-refractivity contribution in [1.29, 1.82) is 0 Å². The zero-order valence-electron chi connectivity index (χ0n) is 14.7. The van der Waals surface area contributed by atoms with E-state index < -0.39 is 10.0 Å². The predicted octanol–water partition coefficient (Wildman–Crippen LogP) is 1.30. The lowest BCUT2D eigenvalue weighted by Crippen LogP contribution is -2.48. The van der Waals surface area contributed by atoms with E-state index in [1.54, 1.807) is 13.8 Å². The number of anilines is 2. The molecule has 9 heteroatoms. The average Bonchev–Trinajstić information content (AvgIpc) is 3.15. The Kier molecular flexibility index (Phi) is 4.00. The Morgan fingerprint density at radius 2 is 1.88 bits per heavy atom. The minimum absolute atomic E-state index is 0.00697. The van der Waals surface area contributed by atoms with Crippen LogP contribution in [0.25, 0.3) is 0 Å². The summed E-state index contributed by atoms with van der Waals surface area (Å²) in [7, 11) is -3.61. The highest BCUT2D eigenvalue weighted by molar-refractivity contribution is 7.89. The van der Waals surface area contributed by atoms with E-state index >= 15 is 0 Å². The number of aromatic nitrogens is 1. The quantitative estimate of drug-likeness (QED) is 0.867. The van der Waals surface area contributed by atoms with Gasteiger partial charge in [-0.2, -0.15) is 4.31 Å². The van der Waals surface area contributed by atoms with Crippen LogP contribution >= 0.6 is 0 Å². The molecule has 2 aliphatic heterocycles. The van der Waals surface area contributed by atoms with Crippen LogP contribution in [-0.2, 0) is 21.2 Å². The lowest BCUT2D eigenvalue weighted by atomic mass is 10.1. The summed E-state index contributed by atoms with van der Waals surface area (Å²) in [5.74, 6) is 0.327. The predicted molar refractivity (Wildman–Crippen MR) is 95.7 cm³/mol. The molecule has 0 unspecified atom stereocenters. The molecule has 1 saturated heterocycles. The third-order valence-electron chi connectivity index (χ3n) is 4.88. The van der Waals surface area contributed by atoms with Gasteiger partial charge in [-0.05, 0) is 37.6 Å². The lowest BCUT2D eigenvalue weighted by molar-refractivity contribution is -0.115. The van der Waals surface area contributed by atoms with Crippen molar-refractivity contribution >= 4 is 27.3 Å². The molecule has 1 aromatic carbocycles. The fourth-order valence-electron chi connectivity index (χ4n) is 3.57. The van der Waals surface area contributed by atoms with Crippen molar-refractivity contribution in [3.05, 3.63) is 35.2 Å². The monoisotopic (exact) mass is 376 g/mol. The van der Waals surface area contributed by atoms with Crippen LogP contribution in [0.3, 0.4) is 0 Å². The number of carbonyl (C=O) groups excluding carboxylic acids is 1. The first-order valence-electron chi connectivity index (χ1n) is 8.47. The normalized spacial score (nSPS) is 18.1. The molecule has 0 radical (unpaired) electrons. The Balaban J connectivity index is 1.50. The largest absolute Gasteiger partial charge is 0.369 e. The molecule has 0 atom stereocenters. The summed E-state index contributed by atoms with van der Waals surface area (Å²) in [6, 6.07) is 5.87. The van der Waals surface area contributed by atoms with Crippen molar-refractivity contribution in [3.63, 3.8) is 0 Å². The van der Waals surface area contributed by atoms with E-state index in [2.05, 4.69) is 15.4 Å². The van der Waals surface area contributed by atoms with Crippen LogP contribution in [0.4, 0.5) is 11.4 Å². The first-order valence-corrected chi connectivity index (χ1v) is 9.91. The number of nitrogens with one attached hydrogen (secondary N) is 1. The molecule has 2 aliphatic rings. The molecule has 26 heavy (non-hydrogen) atoms. The summed E-state index contributed by atoms with van der Waals surface area (Å²) in [4.78, 5) is 13.8. The number of benzene rings is 1. The SMILES string of the molecule is Cc1noc(C)c1S(=O)(=O)N1CCN(c2ccc3c(c2)CC(=O)N3)CC1. The summed E-state index contributed by atoms with van der Waals surface area (Å²) >= 11 is 0. The van der Waals surface area contributed by atoms with E-state index in [0.717, 1.165) is 16.9 Å². The third kappa shape index (κ3) is 2.77. The van der Waals surface area contributed by atoms with Crippen molar-refractivity contribution in [2.45, 2.75) is 25.2 Å². The van der Waals surface area contributed by atoms with E-state index in [9.17, 15) is 13.2 Å². The van der Waals surface area contributed by atoms with Gasteiger partial charge in [0, 0.05) is 37.6 Å². The third-order valence-corrected chi connectivity index (χ3v) is 7.03. The van der Waals surface area contributed by atoms with Crippen LogP contribution in [-0.4, -0.2) is 50.0 Å². The van der Waals surface area contributed by atoms with Crippen molar-refractivity contribution in [3.8, 4) is 0 Å². The fraction of sp³-hybridized carbons (Fsp3) is 0.412. The summed E-state index contributed by atoms with van der Waals surface area (Å²) in [6.45, 7) is 5.20. The molecule has 0 aliphatic carbocycles. The molecule has 1 amide bonds. The van der Waals surface area contributed by atoms with Gasteiger partial charge in [0.05, 0.1) is 6.42 Å². The zero-order valence-corrected chi connectivity index (χ0v) is 15.5. The standard InChI is InChI=1S/C17H20N4O4S/c1-11-17(12(2)25-19-11)26(23,24)21-7-5-20(6-8-21)14-3-4-15-13(9-14)10-16(22)18-15/h3-4,9H,5-8,10H2,1-2H3,(H,18,22). The van der Waals surface area contributed by atoms with Crippen molar-refractivity contribution in [1.82, 2.24) is 9.46 Å². The van der Waals surface area contributed by atoms with Crippen molar-refractivity contribution < 1.29 is 17.7 Å². The second-order valence-corrected chi connectivity index (χ2v) is 8.49. The van der Waals surface area contributed by atoms with Crippen LogP contribution in [0.5, 0.6) is 0 Å². The molecule has 8 nitrogen and oxygen atoms in total. The second-order valence-electron chi connectivity index (χ2n) is 6.61. The van der Waals surface area contributed by atoms with Crippen LogP contribution in [0, 0.1) is 13.8 Å². The Bertz CT molecular complexity index is 955. The number of nitrogens with zero attached hydrogens (tertiary/aromatic N) is 3. The average molecular weight is 376 g/mol. The molecule has 0 bridgehead atoms. The topological polar surface area (TPSA) is 95.8 Å². The number of aryl methyl sites for hydroxylation is 2. The molecule has 4 rings (SSSR count). The minimum Gasteiger partial charge on any atom is -0.369 e. The van der Waals surface area contributed by atoms with Crippen LogP contribution in [0.2, 0.25) is 0 Å². The Morgan fingerprint density at radius 1 is 1.15 bits per heavy atom. The number of amides is 1. The molecular weight excluding hydrogens is 356 g/mol. The number of hydrogen-bond acceptors (Lipinski definition) is 6. The van der Waals surface area contributed by atoms with Gasteiger partial charge in [-0.3, -0.25) is 4.79 Å². The Morgan fingerprint density at radius 3 is 2.54 bits per heavy atom. The zero-order chi connectivity index (χ0) is 18.5. The molecule has 2 aromatic rings. The van der Waals surface area contributed by atoms with Gasteiger partial charge >= 0.3 is 0 Å². The van der Waals surface area contributed by atoms with Crippen molar-refractivity contribution in [2.24, 2.45) is 0 Å². The minimum atomic E-state index is -3.61. The van der Waals surface area contributed by atoms with Gasteiger partial charge in [0.1, 0.15) is 10.6 Å². The number of sulfonamides is 1. The number of rotatable bonds is 3. The highest BCUT2D eigenvalue weighted by atomic mass is 32.2. The highest BCUT2D eigenvalue weighted by Gasteiger charge is 2.33. The smallest absolute Gasteiger partial charge is 0.248 e. The van der Waals surface area contributed by atoms with E-state index in [1.165, 1.54) is 4.31 Å². The van der Waals surface area contributed by atoms with Gasteiger partial charge in [-0.1, -0.05) is 5.16 Å². The van der Waals surface area contributed by atoms with Crippen LogP contribution < -0.4 is 10.2 Å². The van der Waals surface area contributed by atoms with Crippen LogP contribution in [0.15, 0.2) is 27.6 Å². The molecule has 0 spiro atoms.